The number of morpholine rings is 1. The SMILES string of the molecule is CC(Nc1ncnc2ccc(-c3cnc(Cl)c(NS(=O)(=O)CCN4CCOCC4)c3)cc12)c1ccccc1. The summed E-state index contributed by atoms with van der Waals surface area (Å²) in [6, 6.07) is 17.7. The molecule has 0 bridgehead atoms. The van der Waals surface area contributed by atoms with Crippen LogP contribution in [0.4, 0.5) is 11.5 Å². The van der Waals surface area contributed by atoms with E-state index in [1.807, 2.05) is 36.4 Å². The van der Waals surface area contributed by atoms with Crippen molar-refractivity contribution in [2.75, 3.05) is 48.6 Å². The van der Waals surface area contributed by atoms with Gasteiger partial charge in [-0.05, 0) is 36.2 Å². The number of sulfonamides is 1. The third-order valence-corrected chi connectivity index (χ3v) is 8.06. The fourth-order valence-electron chi connectivity index (χ4n) is 4.35. The minimum Gasteiger partial charge on any atom is -0.379 e. The summed E-state index contributed by atoms with van der Waals surface area (Å²) in [4.78, 5) is 15.2. The average Bonchev–Trinajstić information content (AvgIpc) is 2.94. The van der Waals surface area contributed by atoms with Crippen LogP contribution in [-0.2, 0) is 14.8 Å². The number of fused-ring (bicyclic) bond motifs is 1. The molecular formula is C27H29ClN6O3S. The van der Waals surface area contributed by atoms with Gasteiger partial charge in [-0.15, -0.1) is 0 Å². The van der Waals surface area contributed by atoms with E-state index in [9.17, 15) is 8.42 Å². The number of ether oxygens (including phenoxy) is 1. The van der Waals surface area contributed by atoms with Crippen LogP contribution in [0.5, 0.6) is 0 Å². The number of halogens is 1. The Kier molecular flexibility index (Phi) is 8.04. The third kappa shape index (κ3) is 6.39. The first-order valence-corrected chi connectivity index (χ1v) is 14.4. The predicted octanol–water partition coefficient (Wildman–Crippen LogP) is 4.59. The highest BCUT2D eigenvalue weighted by Crippen LogP contribution is 2.31. The second kappa shape index (κ2) is 11.6. The van der Waals surface area contributed by atoms with Crippen molar-refractivity contribution in [2.24, 2.45) is 0 Å². The van der Waals surface area contributed by atoms with Crippen LogP contribution in [0.1, 0.15) is 18.5 Å². The summed E-state index contributed by atoms with van der Waals surface area (Å²) in [5, 5.41) is 4.41. The van der Waals surface area contributed by atoms with Crippen molar-refractivity contribution in [1.82, 2.24) is 19.9 Å². The van der Waals surface area contributed by atoms with Crippen LogP contribution in [-0.4, -0.2) is 66.9 Å². The van der Waals surface area contributed by atoms with E-state index in [1.165, 1.54) is 6.33 Å². The molecule has 0 saturated carbocycles. The van der Waals surface area contributed by atoms with Gasteiger partial charge in [-0.25, -0.2) is 23.4 Å². The molecule has 1 atom stereocenters. The number of hydrogen-bond acceptors (Lipinski definition) is 8. The zero-order valence-corrected chi connectivity index (χ0v) is 22.5. The monoisotopic (exact) mass is 552 g/mol. The molecule has 38 heavy (non-hydrogen) atoms. The van der Waals surface area contributed by atoms with Crippen molar-refractivity contribution in [1.29, 1.82) is 0 Å². The number of aromatic nitrogens is 3. The van der Waals surface area contributed by atoms with Crippen molar-refractivity contribution in [2.45, 2.75) is 13.0 Å². The number of anilines is 2. The summed E-state index contributed by atoms with van der Waals surface area (Å²) in [6.07, 6.45) is 3.16. The number of nitrogens with zero attached hydrogens (tertiary/aromatic N) is 4. The lowest BCUT2D eigenvalue weighted by molar-refractivity contribution is 0.0408. The van der Waals surface area contributed by atoms with Gasteiger partial charge in [0.25, 0.3) is 0 Å². The van der Waals surface area contributed by atoms with Crippen molar-refractivity contribution in [3.05, 3.63) is 77.8 Å². The molecule has 1 unspecified atom stereocenters. The van der Waals surface area contributed by atoms with Crippen LogP contribution in [0.2, 0.25) is 5.15 Å². The Morgan fingerprint density at radius 3 is 2.61 bits per heavy atom. The Balaban J connectivity index is 1.38. The molecule has 0 aliphatic carbocycles. The Labute approximate surface area is 227 Å². The molecule has 198 valence electrons. The van der Waals surface area contributed by atoms with Crippen LogP contribution >= 0.6 is 11.6 Å². The fraction of sp³-hybridized carbons (Fsp3) is 0.296. The summed E-state index contributed by atoms with van der Waals surface area (Å²) in [6.45, 7) is 5.17. The lowest BCUT2D eigenvalue weighted by Gasteiger charge is -2.26. The fourth-order valence-corrected chi connectivity index (χ4v) is 5.65. The molecule has 0 spiro atoms. The van der Waals surface area contributed by atoms with E-state index in [1.54, 1.807) is 12.3 Å². The standard InChI is InChI=1S/C27H29ClN6O3S/c1-19(20-5-3-2-4-6-20)32-27-23-15-21(7-8-24(23)30-18-31-27)22-16-25(26(28)29-17-22)33-38(35,36)14-11-34-9-12-37-13-10-34/h2-8,15-19,33H,9-14H2,1H3,(H,30,31,32). The Bertz CT molecular complexity index is 1510. The second-order valence-electron chi connectivity index (χ2n) is 9.17. The van der Waals surface area contributed by atoms with E-state index in [4.69, 9.17) is 16.3 Å². The van der Waals surface area contributed by atoms with Crippen LogP contribution in [0.25, 0.3) is 22.0 Å². The van der Waals surface area contributed by atoms with Crippen molar-refractivity contribution >= 4 is 44.0 Å². The van der Waals surface area contributed by atoms with Crippen LogP contribution in [0.15, 0.2) is 67.1 Å². The Morgan fingerprint density at radius 2 is 1.82 bits per heavy atom. The lowest BCUT2D eigenvalue weighted by atomic mass is 10.0. The zero-order chi connectivity index (χ0) is 26.5. The second-order valence-corrected chi connectivity index (χ2v) is 11.4. The van der Waals surface area contributed by atoms with Gasteiger partial charge in [-0.3, -0.25) is 9.62 Å². The summed E-state index contributed by atoms with van der Waals surface area (Å²) in [7, 11) is -3.62. The summed E-state index contributed by atoms with van der Waals surface area (Å²) in [5.74, 6) is 0.661. The van der Waals surface area contributed by atoms with Gasteiger partial charge in [0.05, 0.1) is 30.2 Å². The zero-order valence-electron chi connectivity index (χ0n) is 21.0. The first kappa shape index (κ1) is 26.3. The highest BCUT2D eigenvalue weighted by Gasteiger charge is 2.18. The summed E-state index contributed by atoms with van der Waals surface area (Å²) < 4.78 is 33.5. The Hall–Kier alpha value is -3.31. The molecule has 1 fully saturated rings. The van der Waals surface area contributed by atoms with Gasteiger partial charge >= 0.3 is 0 Å². The first-order chi connectivity index (χ1) is 18.4. The quantitative estimate of drug-likeness (QED) is 0.290. The lowest BCUT2D eigenvalue weighted by Crippen LogP contribution is -2.39. The maximum Gasteiger partial charge on any atom is 0.234 e. The maximum absolute atomic E-state index is 12.8. The van der Waals surface area contributed by atoms with Crippen molar-refractivity contribution < 1.29 is 13.2 Å². The van der Waals surface area contributed by atoms with Gasteiger partial charge < -0.3 is 10.1 Å². The molecule has 0 amide bonds. The summed E-state index contributed by atoms with van der Waals surface area (Å²) in [5.41, 5.74) is 3.72. The van der Waals surface area contributed by atoms with Gasteiger partial charge in [-0.1, -0.05) is 48.0 Å². The minimum atomic E-state index is -3.62. The average molecular weight is 553 g/mol. The molecule has 11 heteroatoms. The largest absolute Gasteiger partial charge is 0.379 e. The van der Waals surface area contributed by atoms with Gasteiger partial charge in [0, 0.05) is 42.8 Å². The Morgan fingerprint density at radius 1 is 1.03 bits per heavy atom. The summed E-state index contributed by atoms with van der Waals surface area (Å²) >= 11 is 6.28. The first-order valence-electron chi connectivity index (χ1n) is 12.4. The number of rotatable bonds is 9. The van der Waals surface area contributed by atoms with Gasteiger partial charge in [0.2, 0.25) is 10.0 Å². The van der Waals surface area contributed by atoms with E-state index in [0.29, 0.717) is 31.1 Å². The molecule has 9 nitrogen and oxygen atoms in total. The number of benzene rings is 2. The van der Waals surface area contributed by atoms with Crippen LogP contribution in [0.3, 0.4) is 0 Å². The van der Waals surface area contributed by atoms with E-state index >= 15 is 0 Å². The highest BCUT2D eigenvalue weighted by atomic mass is 35.5. The molecule has 3 heterocycles. The number of nitrogens with one attached hydrogen (secondary N) is 2. The highest BCUT2D eigenvalue weighted by molar-refractivity contribution is 7.92. The molecule has 4 aromatic rings. The maximum atomic E-state index is 12.8. The predicted molar refractivity (Wildman–Crippen MR) is 151 cm³/mol. The van der Waals surface area contributed by atoms with Crippen LogP contribution in [0, 0.1) is 0 Å². The molecule has 0 radical (unpaired) electrons. The van der Waals surface area contributed by atoms with E-state index in [0.717, 1.165) is 35.1 Å². The van der Waals surface area contributed by atoms with E-state index < -0.39 is 10.0 Å². The minimum absolute atomic E-state index is 0.0358. The molecule has 1 saturated heterocycles. The molecule has 1 aliphatic rings. The van der Waals surface area contributed by atoms with E-state index in [-0.39, 0.29) is 22.6 Å². The normalized spacial score (nSPS) is 15.3. The third-order valence-electron chi connectivity index (χ3n) is 6.51. The molecule has 2 N–H and O–H groups in total. The molecule has 5 rings (SSSR count). The van der Waals surface area contributed by atoms with E-state index in [2.05, 4.69) is 48.9 Å². The number of pyridine rings is 1. The molecule has 1 aliphatic heterocycles. The van der Waals surface area contributed by atoms with Crippen LogP contribution < -0.4 is 10.0 Å². The van der Waals surface area contributed by atoms with Gasteiger partial charge in [-0.2, -0.15) is 0 Å². The molecule has 2 aromatic heterocycles. The molecular weight excluding hydrogens is 524 g/mol. The van der Waals surface area contributed by atoms with Gasteiger partial charge in [0.15, 0.2) is 5.15 Å². The smallest absolute Gasteiger partial charge is 0.234 e. The van der Waals surface area contributed by atoms with Crippen molar-refractivity contribution in [3.8, 4) is 11.1 Å². The van der Waals surface area contributed by atoms with Gasteiger partial charge in [0.1, 0.15) is 12.1 Å². The topological polar surface area (TPSA) is 109 Å². The molecule has 2 aromatic carbocycles. The van der Waals surface area contributed by atoms with Crippen molar-refractivity contribution in [3.63, 3.8) is 0 Å². The number of hydrogen-bond donors (Lipinski definition) is 2.